The standard InChI is InChI=1S/C21H25NO3/c1-15(16-10-12-18(24-2)13-11-16)22-21(23)14-25-20-9-5-7-17-6-3-4-8-19(17)20/h5,7,9-13,15H,3-4,6,8,14H2,1-2H3,(H,22,23)/t15-/m0/s1. The van der Waals surface area contributed by atoms with Gasteiger partial charge in [0.2, 0.25) is 0 Å². The Labute approximate surface area is 149 Å². The normalized spacial score (nSPS) is 14.3. The molecule has 0 bridgehead atoms. The van der Waals surface area contributed by atoms with Crippen molar-refractivity contribution < 1.29 is 14.3 Å². The summed E-state index contributed by atoms with van der Waals surface area (Å²) >= 11 is 0. The molecule has 2 aromatic rings. The van der Waals surface area contributed by atoms with Crippen LogP contribution in [0.3, 0.4) is 0 Å². The molecule has 0 fully saturated rings. The molecule has 0 saturated heterocycles. The van der Waals surface area contributed by atoms with Crippen LogP contribution in [-0.2, 0) is 17.6 Å². The molecule has 4 nitrogen and oxygen atoms in total. The number of rotatable bonds is 6. The highest BCUT2D eigenvalue weighted by molar-refractivity contribution is 5.78. The van der Waals surface area contributed by atoms with E-state index in [9.17, 15) is 4.79 Å². The zero-order valence-electron chi connectivity index (χ0n) is 14.9. The van der Waals surface area contributed by atoms with Crippen molar-refractivity contribution in [1.29, 1.82) is 0 Å². The van der Waals surface area contributed by atoms with E-state index in [1.54, 1.807) is 7.11 Å². The van der Waals surface area contributed by atoms with E-state index >= 15 is 0 Å². The fraction of sp³-hybridized carbons (Fsp3) is 0.381. The van der Waals surface area contributed by atoms with Crippen molar-refractivity contribution in [2.45, 2.75) is 38.6 Å². The van der Waals surface area contributed by atoms with Crippen molar-refractivity contribution in [2.75, 3.05) is 13.7 Å². The number of amides is 1. The molecule has 1 aliphatic carbocycles. The second kappa shape index (κ2) is 8.06. The third-order valence-electron chi connectivity index (χ3n) is 4.71. The minimum Gasteiger partial charge on any atom is -0.497 e. The molecule has 1 amide bonds. The van der Waals surface area contributed by atoms with E-state index in [2.05, 4.69) is 11.4 Å². The van der Waals surface area contributed by atoms with E-state index in [0.717, 1.165) is 29.9 Å². The average molecular weight is 339 g/mol. The van der Waals surface area contributed by atoms with Gasteiger partial charge in [-0.1, -0.05) is 24.3 Å². The maximum absolute atomic E-state index is 12.2. The van der Waals surface area contributed by atoms with Crippen molar-refractivity contribution in [3.8, 4) is 11.5 Å². The summed E-state index contributed by atoms with van der Waals surface area (Å²) in [5.74, 6) is 1.54. The lowest BCUT2D eigenvalue weighted by Crippen LogP contribution is -2.31. The number of methoxy groups -OCH3 is 1. The van der Waals surface area contributed by atoms with Gasteiger partial charge in [-0.25, -0.2) is 0 Å². The van der Waals surface area contributed by atoms with Gasteiger partial charge in [0.05, 0.1) is 13.2 Å². The Morgan fingerprint density at radius 2 is 1.88 bits per heavy atom. The number of fused-ring (bicyclic) bond motifs is 1. The molecular formula is C21H25NO3. The van der Waals surface area contributed by atoms with Gasteiger partial charge in [0.15, 0.2) is 6.61 Å². The zero-order valence-corrected chi connectivity index (χ0v) is 14.9. The Kier molecular flexibility index (Phi) is 5.59. The topological polar surface area (TPSA) is 47.6 Å². The molecule has 0 unspecified atom stereocenters. The number of carbonyl (C=O) groups is 1. The maximum atomic E-state index is 12.2. The highest BCUT2D eigenvalue weighted by atomic mass is 16.5. The monoisotopic (exact) mass is 339 g/mol. The first-order valence-corrected chi connectivity index (χ1v) is 8.84. The lowest BCUT2D eigenvalue weighted by molar-refractivity contribution is -0.123. The molecule has 1 aliphatic rings. The largest absolute Gasteiger partial charge is 0.497 e. The van der Waals surface area contributed by atoms with E-state index in [4.69, 9.17) is 9.47 Å². The summed E-state index contributed by atoms with van der Waals surface area (Å²) in [6, 6.07) is 13.8. The van der Waals surface area contributed by atoms with Crippen LogP contribution >= 0.6 is 0 Å². The van der Waals surface area contributed by atoms with E-state index < -0.39 is 0 Å². The van der Waals surface area contributed by atoms with Crippen LogP contribution in [0.5, 0.6) is 11.5 Å². The van der Waals surface area contributed by atoms with Gasteiger partial charge in [-0.2, -0.15) is 0 Å². The lowest BCUT2D eigenvalue weighted by atomic mass is 9.91. The minimum atomic E-state index is -0.114. The van der Waals surface area contributed by atoms with E-state index in [-0.39, 0.29) is 18.6 Å². The quantitative estimate of drug-likeness (QED) is 0.870. The average Bonchev–Trinajstić information content (AvgIpc) is 2.66. The van der Waals surface area contributed by atoms with Crippen molar-refractivity contribution in [2.24, 2.45) is 0 Å². The lowest BCUT2D eigenvalue weighted by Gasteiger charge is -2.20. The third-order valence-corrected chi connectivity index (χ3v) is 4.71. The number of carbonyl (C=O) groups excluding carboxylic acids is 1. The van der Waals surface area contributed by atoms with Crippen LogP contribution in [0.4, 0.5) is 0 Å². The molecule has 3 rings (SSSR count). The summed E-state index contributed by atoms with van der Waals surface area (Å²) in [5.41, 5.74) is 3.66. The maximum Gasteiger partial charge on any atom is 0.258 e. The minimum absolute atomic E-state index is 0.0386. The van der Waals surface area contributed by atoms with Crippen LogP contribution in [0.25, 0.3) is 0 Å². The number of hydrogen-bond acceptors (Lipinski definition) is 3. The van der Waals surface area contributed by atoms with Crippen LogP contribution < -0.4 is 14.8 Å². The summed E-state index contributed by atoms with van der Waals surface area (Å²) in [5, 5.41) is 2.98. The van der Waals surface area contributed by atoms with Crippen molar-refractivity contribution in [1.82, 2.24) is 5.32 Å². The van der Waals surface area contributed by atoms with Crippen LogP contribution in [0.15, 0.2) is 42.5 Å². The van der Waals surface area contributed by atoms with Gasteiger partial charge >= 0.3 is 0 Å². The number of hydrogen-bond donors (Lipinski definition) is 1. The van der Waals surface area contributed by atoms with Gasteiger partial charge < -0.3 is 14.8 Å². The first-order valence-electron chi connectivity index (χ1n) is 8.84. The Morgan fingerprint density at radius 1 is 1.12 bits per heavy atom. The van der Waals surface area contributed by atoms with E-state index in [1.165, 1.54) is 24.0 Å². The summed E-state index contributed by atoms with van der Waals surface area (Å²) < 4.78 is 11.0. The highest BCUT2D eigenvalue weighted by Gasteiger charge is 2.15. The Morgan fingerprint density at radius 3 is 2.64 bits per heavy atom. The van der Waals surface area contributed by atoms with Crippen molar-refractivity contribution in [3.05, 3.63) is 59.2 Å². The van der Waals surface area contributed by atoms with Gasteiger partial charge in [-0.05, 0) is 67.5 Å². The molecule has 132 valence electrons. The number of benzene rings is 2. The highest BCUT2D eigenvalue weighted by Crippen LogP contribution is 2.29. The summed E-state index contributed by atoms with van der Waals surface area (Å²) in [6.45, 7) is 2.00. The van der Waals surface area contributed by atoms with Crippen LogP contribution in [0.1, 0.15) is 42.5 Å². The second-order valence-electron chi connectivity index (χ2n) is 6.45. The molecule has 0 heterocycles. The van der Waals surface area contributed by atoms with Crippen LogP contribution in [0, 0.1) is 0 Å². The molecule has 2 aromatic carbocycles. The Bertz CT molecular complexity index is 724. The first-order chi connectivity index (χ1) is 12.2. The van der Waals surface area contributed by atoms with Crippen molar-refractivity contribution in [3.63, 3.8) is 0 Å². The second-order valence-corrected chi connectivity index (χ2v) is 6.45. The van der Waals surface area contributed by atoms with Gasteiger partial charge in [-0.3, -0.25) is 4.79 Å². The fourth-order valence-corrected chi connectivity index (χ4v) is 3.28. The molecule has 4 heteroatoms. The van der Waals surface area contributed by atoms with Gasteiger partial charge in [0.25, 0.3) is 5.91 Å². The third kappa shape index (κ3) is 4.32. The summed E-state index contributed by atoms with van der Waals surface area (Å²) in [7, 11) is 1.64. The zero-order chi connectivity index (χ0) is 17.6. The predicted molar refractivity (Wildman–Crippen MR) is 98.1 cm³/mol. The molecule has 0 aromatic heterocycles. The Balaban J connectivity index is 1.56. The molecule has 0 spiro atoms. The summed E-state index contributed by atoms with van der Waals surface area (Å²) in [4.78, 5) is 12.2. The fourth-order valence-electron chi connectivity index (χ4n) is 3.28. The van der Waals surface area contributed by atoms with Gasteiger partial charge in [0, 0.05) is 0 Å². The Hall–Kier alpha value is -2.49. The molecular weight excluding hydrogens is 314 g/mol. The SMILES string of the molecule is COc1ccc([C@H](C)NC(=O)COc2cccc3c2CCCC3)cc1. The summed E-state index contributed by atoms with van der Waals surface area (Å²) in [6.07, 6.45) is 4.56. The number of aryl methyl sites for hydroxylation is 1. The number of nitrogens with one attached hydrogen (secondary N) is 1. The van der Waals surface area contributed by atoms with Crippen LogP contribution in [0.2, 0.25) is 0 Å². The molecule has 0 aliphatic heterocycles. The molecule has 0 saturated carbocycles. The predicted octanol–water partition coefficient (Wildman–Crippen LogP) is 3.83. The van der Waals surface area contributed by atoms with Crippen LogP contribution in [-0.4, -0.2) is 19.6 Å². The number of ether oxygens (including phenoxy) is 2. The van der Waals surface area contributed by atoms with E-state index in [1.807, 2.05) is 43.3 Å². The van der Waals surface area contributed by atoms with Gasteiger partial charge in [-0.15, -0.1) is 0 Å². The van der Waals surface area contributed by atoms with E-state index in [0.29, 0.717) is 0 Å². The first kappa shape index (κ1) is 17.3. The smallest absolute Gasteiger partial charge is 0.258 e. The molecule has 1 atom stereocenters. The van der Waals surface area contributed by atoms with Crippen molar-refractivity contribution >= 4 is 5.91 Å². The molecule has 0 radical (unpaired) electrons. The molecule has 1 N–H and O–H groups in total. The molecule has 25 heavy (non-hydrogen) atoms. The van der Waals surface area contributed by atoms with Gasteiger partial charge in [0.1, 0.15) is 11.5 Å².